The quantitative estimate of drug-likeness (QED) is 0.635. The summed E-state index contributed by atoms with van der Waals surface area (Å²) in [6, 6.07) is 9.41. The molecule has 2 heterocycles. The van der Waals surface area contributed by atoms with Crippen LogP contribution in [0.5, 0.6) is 0 Å². The highest BCUT2D eigenvalue weighted by Gasteiger charge is 2.20. The van der Waals surface area contributed by atoms with Crippen molar-refractivity contribution >= 4 is 29.2 Å². The lowest BCUT2D eigenvalue weighted by Crippen LogP contribution is -2.16. The fourth-order valence-electron chi connectivity index (χ4n) is 2.80. The number of aromatic nitrogens is 2. The van der Waals surface area contributed by atoms with Crippen LogP contribution in [0.1, 0.15) is 24.0 Å². The number of hydrogen-bond donors (Lipinski definition) is 1. The second-order valence-electron chi connectivity index (χ2n) is 6.21. The Morgan fingerprint density at radius 1 is 1.35 bits per heavy atom. The van der Waals surface area contributed by atoms with Gasteiger partial charge in [0, 0.05) is 17.0 Å². The average molecular weight is 393 g/mol. The molecule has 2 aromatic heterocycles. The van der Waals surface area contributed by atoms with E-state index in [1.165, 1.54) is 0 Å². The Kier molecular flexibility index (Phi) is 5.39. The van der Waals surface area contributed by atoms with E-state index in [1.54, 1.807) is 13.2 Å². The second-order valence-corrected chi connectivity index (χ2v) is 6.97. The number of benzene rings is 1. The van der Waals surface area contributed by atoms with Gasteiger partial charge in [0.05, 0.1) is 24.4 Å². The molecule has 1 atom stereocenters. The molecule has 7 heteroatoms. The molecule has 3 rings (SSSR count). The Bertz CT molecular complexity index is 933. The summed E-state index contributed by atoms with van der Waals surface area (Å²) < 4.78 is 7.31. The zero-order valence-electron chi connectivity index (χ0n) is 14.4. The van der Waals surface area contributed by atoms with Gasteiger partial charge in [0.15, 0.2) is 5.15 Å². The third-order valence-electron chi connectivity index (χ3n) is 4.32. The molecule has 0 aliphatic carbocycles. The number of aryl methyl sites for hydroxylation is 1. The Balaban J connectivity index is 1.90. The highest BCUT2D eigenvalue weighted by atomic mass is 35.5. The van der Waals surface area contributed by atoms with Gasteiger partial charge >= 0.3 is 5.97 Å². The first-order chi connectivity index (χ1) is 12.4. The summed E-state index contributed by atoms with van der Waals surface area (Å²) in [4.78, 5) is 15.5. The van der Waals surface area contributed by atoms with Crippen molar-refractivity contribution < 1.29 is 14.3 Å². The Morgan fingerprint density at radius 3 is 2.73 bits per heavy atom. The summed E-state index contributed by atoms with van der Waals surface area (Å²) in [6.07, 6.45) is 1.92. The predicted molar refractivity (Wildman–Crippen MR) is 101 cm³/mol. The standard InChI is InChI=1S/C19H18Cl2N2O3/c1-11(19(24)25)8-16-18(21)22-12(2)23(16)10-14-6-5-13(9-15(14)20)17-4-3-7-26-17/h3-7,9,11H,8,10H2,1-2H3,(H,24,25). The molecule has 0 saturated carbocycles. The molecule has 26 heavy (non-hydrogen) atoms. The van der Waals surface area contributed by atoms with E-state index in [0.717, 1.165) is 16.9 Å². The van der Waals surface area contributed by atoms with Gasteiger partial charge in [-0.3, -0.25) is 4.79 Å². The summed E-state index contributed by atoms with van der Waals surface area (Å²) in [5, 5.41) is 10.1. The summed E-state index contributed by atoms with van der Waals surface area (Å²) in [6.45, 7) is 3.95. The minimum absolute atomic E-state index is 0.303. The lowest BCUT2D eigenvalue weighted by atomic mass is 10.1. The van der Waals surface area contributed by atoms with Crippen molar-refractivity contribution in [3.05, 3.63) is 63.9 Å². The van der Waals surface area contributed by atoms with Crippen LogP contribution < -0.4 is 0 Å². The monoisotopic (exact) mass is 392 g/mol. The molecule has 136 valence electrons. The topological polar surface area (TPSA) is 68.3 Å². The lowest BCUT2D eigenvalue weighted by Gasteiger charge is -2.14. The van der Waals surface area contributed by atoms with Crippen LogP contribution in [0, 0.1) is 12.8 Å². The summed E-state index contributed by atoms with van der Waals surface area (Å²) in [5.41, 5.74) is 2.48. The Hall–Kier alpha value is -2.24. The molecule has 1 unspecified atom stereocenters. The van der Waals surface area contributed by atoms with Crippen molar-refractivity contribution in [2.24, 2.45) is 5.92 Å². The normalized spacial score (nSPS) is 12.3. The van der Waals surface area contributed by atoms with Crippen LogP contribution in [0.2, 0.25) is 10.2 Å². The number of hydrogen-bond acceptors (Lipinski definition) is 3. The maximum atomic E-state index is 11.2. The number of halogens is 2. The van der Waals surface area contributed by atoms with Gasteiger partial charge in [-0.15, -0.1) is 0 Å². The first-order valence-corrected chi connectivity index (χ1v) is 8.89. The van der Waals surface area contributed by atoms with Gasteiger partial charge in [-0.25, -0.2) is 4.98 Å². The molecule has 0 aliphatic heterocycles. The number of nitrogens with zero attached hydrogens (tertiary/aromatic N) is 2. The van der Waals surface area contributed by atoms with Crippen molar-refractivity contribution in [2.45, 2.75) is 26.8 Å². The Labute approximate surface area is 161 Å². The van der Waals surface area contributed by atoms with Gasteiger partial charge in [-0.1, -0.05) is 42.3 Å². The number of carboxylic acids is 1. The van der Waals surface area contributed by atoms with Gasteiger partial charge < -0.3 is 14.1 Å². The summed E-state index contributed by atoms with van der Waals surface area (Å²) in [7, 11) is 0. The van der Waals surface area contributed by atoms with Gasteiger partial charge in [0.1, 0.15) is 11.6 Å². The number of imidazole rings is 1. The maximum Gasteiger partial charge on any atom is 0.306 e. The zero-order valence-corrected chi connectivity index (χ0v) is 15.9. The third kappa shape index (κ3) is 3.79. The zero-order chi connectivity index (χ0) is 18.8. The van der Waals surface area contributed by atoms with Crippen molar-refractivity contribution in [2.75, 3.05) is 0 Å². The molecular formula is C19H18Cl2N2O3. The first kappa shape index (κ1) is 18.5. The highest BCUT2D eigenvalue weighted by molar-refractivity contribution is 6.31. The molecule has 0 aliphatic rings. The summed E-state index contributed by atoms with van der Waals surface area (Å²) in [5.74, 6) is 0.0384. The molecule has 0 saturated heterocycles. The number of carbonyl (C=O) groups is 1. The molecule has 3 aromatic rings. The molecule has 5 nitrogen and oxygen atoms in total. The van der Waals surface area contributed by atoms with Crippen LogP contribution in [0.3, 0.4) is 0 Å². The van der Waals surface area contributed by atoms with E-state index in [0.29, 0.717) is 34.7 Å². The van der Waals surface area contributed by atoms with Crippen LogP contribution in [0.25, 0.3) is 11.3 Å². The number of aliphatic carboxylic acids is 1. The van der Waals surface area contributed by atoms with Crippen molar-refractivity contribution in [3.63, 3.8) is 0 Å². The number of furan rings is 1. The molecule has 1 N–H and O–H groups in total. The van der Waals surface area contributed by atoms with E-state index in [1.807, 2.05) is 41.8 Å². The predicted octanol–water partition coefficient (Wildman–Crippen LogP) is 5.07. The minimum atomic E-state index is -0.868. The molecule has 0 radical (unpaired) electrons. The minimum Gasteiger partial charge on any atom is -0.481 e. The molecule has 1 aromatic carbocycles. The van der Waals surface area contributed by atoms with Crippen molar-refractivity contribution in [1.82, 2.24) is 9.55 Å². The van der Waals surface area contributed by atoms with E-state index >= 15 is 0 Å². The summed E-state index contributed by atoms with van der Waals surface area (Å²) >= 11 is 12.7. The van der Waals surface area contributed by atoms with Crippen LogP contribution in [0.15, 0.2) is 41.0 Å². The first-order valence-electron chi connectivity index (χ1n) is 8.13. The van der Waals surface area contributed by atoms with Crippen molar-refractivity contribution in [1.29, 1.82) is 0 Å². The SMILES string of the molecule is Cc1nc(Cl)c(CC(C)C(=O)O)n1Cc1ccc(-c2ccco2)cc1Cl. The van der Waals surface area contributed by atoms with Crippen LogP contribution in [0.4, 0.5) is 0 Å². The Morgan fingerprint density at radius 2 is 2.12 bits per heavy atom. The van der Waals surface area contributed by atoms with Crippen LogP contribution in [-0.2, 0) is 17.8 Å². The average Bonchev–Trinajstić information content (AvgIpc) is 3.20. The van der Waals surface area contributed by atoms with E-state index in [-0.39, 0.29) is 0 Å². The highest BCUT2D eigenvalue weighted by Crippen LogP contribution is 2.28. The molecule has 0 fully saturated rings. The molecule has 0 amide bonds. The second kappa shape index (κ2) is 7.56. The van der Waals surface area contributed by atoms with E-state index in [9.17, 15) is 9.90 Å². The van der Waals surface area contributed by atoms with Gasteiger partial charge in [-0.2, -0.15) is 0 Å². The molecule has 0 spiro atoms. The van der Waals surface area contributed by atoms with Gasteiger partial charge in [-0.05, 0) is 30.7 Å². The van der Waals surface area contributed by atoms with E-state index < -0.39 is 11.9 Å². The fraction of sp³-hybridized carbons (Fsp3) is 0.263. The molecule has 0 bridgehead atoms. The van der Waals surface area contributed by atoms with Gasteiger partial charge in [0.25, 0.3) is 0 Å². The number of carboxylic acid groups (broad SMARTS) is 1. The smallest absolute Gasteiger partial charge is 0.306 e. The maximum absolute atomic E-state index is 11.2. The van der Waals surface area contributed by atoms with Crippen LogP contribution in [-0.4, -0.2) is 20.6 Å². The van der Waals surface area contributed by atoms with Gasteiger partial charge in [0.2, 0.25) is 0 Å². The lowest BCUT2D eigenvalue weighted by molar-refractivity contribution is -0.141. The van der Waals surface area contributed by atoms with Crippen LogP contribution >= 0.6 is 23.2 Å². The van der Waals surface area contributed by atoms with Crippen molar-refractivity contribution in [3.8, 4) is 11.3 Å². The number of rotatable bonds is 6. The largest absolute Gasteiger partial charge is 0.481 e. The fourth-order valence-corrected chi connectivity index (χ4v) is 3.34. The van der Waals surface area contributed by atoms with E-state index in [4.69, 9.17) is 27.6 Å². The molecular weight excluding hydrogens is 375 g/mol. The third-order valence-corrected chi connectivity index (χ3v) is 4.98. The van der Waals surface area contributed by atoms with E-state index in [2.05, 4.69) is 4.98 Å².